The van der Waals surface area contributed by atoms with E-state index in [4.69, 9.17) is 0 Å². The maximum atomic E-state index is 12.7. The topological polar surface area (TPSA) is 91.7 Å². The fourth-order valence-corrected chi connectivity index (χ4v) is 6.62. The Kier molecular flexibility index (Phi) is 4.03. The van der Waals surface area contributed by atoms with Crippen LogP contribution in [0.1, 0.15) is 59.8 Å². The van der Waals surface area contributed by atoms with E-state index in [1.165, 1.54) is 0 Å². The molecule has 5 nitrogen and oxygen atoms in total. The van der Waals surface area contributed by atoms with Crippen molar-refractivity contribution in [3.63, 3.8) is 0 Å². The lowest BCUT2D eigenvalue weighted by Gasteiger charge is -2.61. The summed E-state index contributed by atoms with van der Waals surface area (Å²) in [6.07, 6.45) is 2.74. The summed E-state index contributed by atoms with van der Waals surface area (Å²) in [5.41, 5.74) is -0.748. The van der Waals surface area contributed by atoms with E-state index in [-0.39, 0.29) is 28.4 Å². The summed E-state index contributed by atoms with van der Waals surface area (Å²) >= 11 is 0. The van der Waals surface area contributed by atoms with Crippen LogP contribution in [0.4, 0.5) is 0 Å². The van der Waals surface area contributed by atoms with Crippen LogP contribution in [0.2, 0.25) is 0 Å². The highest BCUT2D eigenvalue weighted by Gasteiger charge is 2.67. The molecule has 0 aromatic carbocycles. The predicted octanol–water partition coefficient (Wildman–Crippen LogP) is 2.76. The Morgan fingerprint density at radius 1 is 1.16 bits per heavy atom. The van der Waals surface area contributed by atoms with E-state index in [9.17, 15) is 24.6 Å². The lowest BCUT2D eigenvalue weighted by molar-refractivity contribution is -0.194. The SMILES string of the molecule is CC(C=O)=C1C(=O)CC2C1(C)CCC1C2(C)CCC(O)C1(C)C(=O)O. The van der Waals surface area contributed by atoms with Crippen LogP contribution in [0.25, 0.3) is 0 Å². The summed E-state index contributed by atoms with van der Waals surface area (Å²) in [5, 5.41) is 20.4. The smallest absolute Gasteiger partial charge is 0.312 e. The zero-order chi connectivity index (χ0) is 18.8. The van der Waals surface area contributed by atoms with Gasteiger partial charge in [-0.3, -0.25) is 14.4 Å². The number of carbonyl (C=O) groups excluding carboxylic acids is 2. The molecule has 0 saturated heterocycles. The summed E-state index contributed by atoms with van der Waals surface area (Å²) in [4.78, 5) is 36.1. The highest BCUT2D eigenvalue weighted by Crippen LogP contribution is 2.69. The molecule has 3 saturated carbocycles. The second kappa shape index (κ2) is 5.50. The number of ketones is 1. The molecule has 0 heterocycles. The summed E-state index contributed by atoms with van der Waals surface area (Å²) < 4.78 is 0. The zero-order valence-corrected chi connectivity index (χ0v) is 15.5. The minimum absolute atomic E-state index is 0.0160. The molecule has 3 fully saturated rings. The van der Waals surface area contributed by atoms with Gasteiger partial charge >= 0.3 is 5.97 Å². The Balaban J connectivity index is 2.12. The van der Waals surface area contributed by atoms with Crippen molar-refractivity contribution in [2.45, 2.75) is 65.9 Å². The van der Waals surface area contributed by atoms with E-state index in [0.717, 1.165) is 6.29 Å². The van der Waals surface area contributed by atoms with Crippen LogP contribution in [-0.2, 0) is 14.4 Å². The quantitative estimate of drug-likeness (QED) is 0.591. The minimum Gasteiger partial charge on any atom is -0.481 e. The van der Waals surface area contributed by atoms with Gasteiger partial charge < -0.3 is 10.2 Å². The van der Waals surface area contributed by atoms with Crippen molar-refractivity contribution in [1.82, 2.24) is 0 Å². The van der Waals surface area contributed by atoms with Gasteiger partial charge in [-0.15, -0.1) is 0 Å². The van der Waals surface area contributed by atoms with Gasteiger partial charge in [-0.2, -0.15) is 0 Å². The number of carbonyl (C=O) groups is 3. The molecule has 0 aliphatic heterocycles. The van der Waals surface area contributed by atoms with Crippen molar-refractivity contribution in [2.24, 2.45) is 28.1 Å². The molecule has 0 aromatic heterocycles. The molecule has 0 bridgehead atoms. The van der Waals surface area contributed by atoms with Gasteiger partial charge in [0, 0.05) is 17.4 Å². The van der Waals surface area contributed by atoms with Crippen molar-refractivity contribution in [3.8, 4) is 0 Å². The Hall–Kier alpha value is -1.49. The number of hydrogen-bond donors (Lipinski definition) is 2. The average molecular weight is 348 g/mol. The number of aliphatic carboxylic acids is 1. The first kappa shape index (κ1) is 18.3. The van der Waals surface area contributed by atoms with Crippen molar-refractivity contribution in [2.75, 3.05) is 0 Å². The molecule has 0 spiro atoms. The number of carboxylic acids is 1. The van der Waals surface area contributed by atoms with Crippen LogP contribution in [0.5, 0.6) is 0 Å². The van der Waals surface area contributed by atoms with E-state index in [0.29, 0.717) is 43.3 Å². The minimum atomic E-state index is -1.19. The van der Waals surface area contributed by atoms with Crippen molar-refractivity contribution in [1.29, 1.82) is 0 Å². The lowest BCUT2D eigenvalue weighted by atomic mass is 9.43. The number of fused-ring (bicyclic) bond motifs is 3. The van der Waals surface area contributed by atoms with Gasteiger partial charge in [-0.05, 0) is 62.4 Å². The second-order valence-corrected chi connectivity index (χ2v) is 9.01. The van der Waals surface area contributed by atoms with Gasteiger partial charge in [0.15, 0.2) is 5.78 Å². The van der Waals surface area contributed by atoms with Crippen LogP contribution in [-0.4, -0.2) is 34.4 Å². The molecule has 138 valence electrons. The monoisotopic (exact) mass is 348 g/mol. The molecule has 2 N–H and O–H groups in total. The van der Waals surface area contributed by atoms with E-state index >= 15 is 0 Å². The van der Waals surface area contributed by atoms with Crippen molar-refractivity contribution >= 4 is 18.0 Å². The molecule has 25 heavy (non-hydrogen) atoms. The third kappa shape index (κ3) is 2.14. The predicted molar refractivity (Wildman–Crippen MR) is 91.8 cm³/mol. The van der Waals surface area contributed by atoms with Crippen LogP contribution in [0.15, 0.2) is 11.1 Å². The maximum absolute atomic E-state index is 12.7. The van der Waals surface area contributed by atoms with Crippen LogP contribution < -0.4 is 0 Å². The van der Waals surface area contributed by atoms with E-state index in [2.05, 4.69) is 13.8 Å². The first-order chi connectivity index (χ1) is 11.5. The molecule has 6 unspecified atom stereocenters. The van der Waals surface area contributed by atoms with Crippen LogP contribution >= 0.6 is 0 Å². The molecule has 0 aromatic rings. The molecule has 6 atom stereocenters. The van der Waals surface area contributed by atoms with Gasteiger partial charge in [-0.25, -0.2) is 0 Å². The Labute approximate surface area is 148 Å². The summed E-state index contributed by atoms with van der Waals surface area (Å²) in [5.74, 6) is -1.09. The first-order valence-corrected chi connectivity index (χ1v) is 9.14. The standard InChI is InChI=1S/C20H28O5/c1-11(10-21)16-12(22)9-14-18(2)8-6-15(23)20(4,17(24)25)13(18)5-7-19(14,16)3/h10,13-15,23H,5-9H2,1-4H3,(H,24,25). The number of hydrogen-bond acceptors (Lipinski definition) is 4. The Bertz CT molecular complexity index is 680. The number of carboxylic acid groups (broad SMARTS) is 1. The highest BCUT2D eigenvalue weighted by molar-refractivity contribution is 6.04. The zero-order valence-electron chi connectivity index (χ0n) is 15.5. The molecule has 0 amide bonds. The van der Waals surface area contributed by atoms with E-state index < -0.39 is 17.5 Å². The number of aliphatic hydroxyl groups is 1. The lowest BCUT2D eigenvalue weighted by Crippen LogP contribution is -2.61. The maximum Gasteiger partial charge on any atom is 0.312 e. The summed E-state index contributed by atoms with van der Waals surface area (Å²) in [6.45, 7) is 7.53. The Morgan fingerprint density at radius 3 is 2.36 bits per heavy atom. The third-order valence-corrected chi connectivity index (χ3v) is 7.96. The van der Waals surface area contributed by atoms with Gasteiger partial charge in [0.25, 0.3) is 0 Å². The van der Waals surface area contributed by atoms with Gasteiger partial charge in [0.05, 0.1) is 11.5 Å². The molecule has 0 radical (unpaired) electrons. The van der Waals surface area contributed by atoms with Crippen molar-refractivity contribution < 1.29 is 24.6 Å². The van der Waals surface area contributed by atoms with Crippen molar-refractivity contribution in [3.05, 3.63) is 11.1 Å². The molecular formula is C20H28O5. The van der Waals surface area contributed by atoms with Gasteiger partial charge in [0.2, 0.25) is 0 Å². The van der Waals surface area contributed by atoms with Crippen LogP contribution in [0.3, 0.4) is 0 Å². The summed E-state index contributed by atoms with van der Waals surface area (Å²) in [7, 11) is 0. The molecule has 3 aliphatic rings. The number of Topliss-reactive ketones (excluding diaryl/α,β-unsaturated/α-hetero) is 1. The average Bonchev–Trinajstić information content (AvgIpc) is 2.82. The van der Waals surface area contributed by atoms with Gasteiger partial charge in [0.1, 0.15) is 6.29 Å². The van der Waals surface area contributed by atoms with E-state index in [1.54, 1.807) is 13.8 Å². The van der Waals surface area contributed by atoms with Crippen LogP contribution in [0, 0.1) is 28.1 Å². The summed E-state index contributed by atoms with van der Waals surface area (Å²) in [6, 6.07) is 0. The van der Waals surface area contributed by atoms with E-state index in [1.807, 2.05) is 0 Å². The molecule has 5 heteroatoms. The Morgan fingerprint density at radius 2 is 1.80 bits per heavy atom. The molecule has 3 aliphatic carbocycles. The normalized spacial score (nSPS) is 48.5. The number of rotatable bonds is 2. The fraction of sp³-hybridized carbons (Fsp3) is 0.750. The second-order valence-electron chi connectivity index (χ2n) is 9.01. The molecular weight excluding hydrogens is 320 g/mol. The fourth-order valence-electron chi connectivity index (χ4n) is 6.62. The molecule has 3 rings (SSSR count). The number of allylic oxidation sites excluding steroid dienone is 2. The highest BCUT2D eigenvalue weighted by atomic mass is 16.4. The first-order valence-electron chi connectivity index (χ1n) is 9.14. The largest absolute Gasteiger partial charge is 0.481 e. The number of aliphatic hydroxyl groups excluding tert-OH is 1. The number of aldehydes is 1. The van der Waals surface area contributed by atoms with Gasteiger partial charge in [-0.1, -0.05) is 13.8 Å². The third-order valence-electron chi connectivity index (χ3n) is 7.96.